The summed E-state index contributed by atoms with van der Waals surface area (Å²) in [5.74, 6) is -0.106. The molecule has 4 amide bonds. The molecule has 1 aromatic heterocycles. The van der Waals surface area contributed by atoms with Crippen LogP contribution in [0.4, 0.5) is 9.93 Å². The molecule has 2 N–H and O–H groups in total. The number of imide groups is 1. The SMILES string of the molecule is CCC1CCC2(CC1)NC(=O)N(CC(=O)Nc1nc(-c3ccccc3C)cs1)C2=O. The van der Waals surface area contributed by atoms with Gasteiger partial charge in [-0.2, -0.15) is 0 Å². The van der Waals surface area contributed by atoms with Gasteiger partial charge in [-0.3, -0.25) is 14.5 Å². The van der Waals surface area contributed by atoms with Gasteiger partial charge in [0.1, 0.15) is 12.1 Å². The van der Waals surface area contributed by atoms with Crippen LogP contribution in [0, 0.1) is 12.8 Å². The van der Waals surface area contributed by atoms with Gasteiger partial charge >= 0.3 is 6.03 Å². The molecule has 0 bridgehead atoms. The topological polar surface area (TPSA) is 91.4 Å². The second-order valence-corrected chi connectivity index (χ2v) is 9.01. The van der Waals surface area contributed by atoms with Crippen molar-refractivity contribution < 1.29 is 14.4 Å². The minimum absolute atomic E-state index is 0.281. The quantitative estimate of drug-likeness (QED) is 0.708. The van der Waals surface area contributed by atoms with Crippen molar-refractivity contribution in [1.82, 2.24) is 15.2 Å². The van der Waals surface area contributed by atoms with Crippen LogP contribution in [-0.2, 0) is 9.59 Å². The highest BCUT2D eigenvalue weighted by atomic mass is 32.1. The Morgan fingerprint density at radius 3 is 2.73 bits per heavy atom. The maximum Gasteiger partial charge on any atom is 0.325 e. The van der Waals surface area contributed by atoms with Crippen molar-refractivity contribution in [3.8, 4) is 11.3 Å². The van der Waals surface area contributed by atoms with Crippen molar-refractivity contribution >= 4 is 34.3 Å². The van der Waals surface area contributed by atoms with Gasteiger partial charge < -0.3 is 10.6 Å². The molecule has 1 saturated carbocycles. The van der Waals surface area contributed by atoms with Crippen molar-refractivity contribution in [3.63, 3.8) is 0 Å². The van der Waals surface area contributed by atoms with E-state index in [1.807, 2.05) is 36.6 Å². The predicted octanol–water partition coefficient (Wildman–Crippen LogP) is 3.95. The van der Waals surface area contributed by atoms with Gasteiger partial charge in [-0.05, 0) is 44.1 Å². The molecule has 1 aromatic carbocycles. The fraction of sp³-hybridized carbons (Fsp3) is 0.455. The average molecular weight is 427 g/mol. The van der Waals surface area contributed by atoms with E-state index in [9.17, 15) is 14.4 Å². The zero-order valence-electron chi connectivity index (χ0n) is 17.2. The molecule has 2 heterocycles. The van der Waals surface area contributed by atoms with Crippen LogP contribution < -0.4 is 10.6 Å². The third kappa shape index (κ3) is 3.84. The summed E-state index contributed by atoms with van der Waals surface area (Å²) in [5, 5.41) is 7.91. The molecule has 8 heteroatoms. The number of benzene rings is 1. The maximum atomic E-state index is 13.0. The smallest absolute Gasteiger partial charge is 0.323 e. The summed E-state index contributed by atoms with van der Waals surface area (Å²) in [7, 11) is 0. The van der Waals surface area contributed by atoms with E-state index in [1.165, 1.54) is 11.3 Å². The largest absolute Gasteiger partial charge is 0.325 e. The summed E-state index contributed by atoms with van der Waals surface area (Å²) < 4.78 is 0. The predicted molar refractivity (Wildman–Crippen MR) is 116 cm³/mol. The molecule has 2 aromatic rings. The number of nitrogens with zero attached hydrogens (tertiary/aromatic N) is 2. The highest BCUT2D eigenvalue weighted by Gasteiger charge is 2.52. The van der Waals surface area contributed by atoms with Crippen molar-refractivity contribution in [1.29, 1.82) is 0 Å². The molecule has 0 unspecified atom stereocenters. The van der Waals surface area contributed by atoms with E-state index in [4.69, 9.17) is 0 Å². The van der Waals surface area contributed by atoms with Crippen LogP contribution in [0.3, 0.4) is 0 Å². The first-order valence-corrected chi connectivity index (χ1v) is 11.3. The van der Waals surface area contributed by atoms with Gasteiger partial charge in [0.15, 0.2) is 5.13 Å². The van der Waals surface area contributed by atoms with Gasteiger partial charge in [0.05, 0.1) is 5.69 Å². The Morgan fingerprint density at radius 2 is 2.03 bits per heavy atom. The summed E-state index contributed by atoms with van der Waals surface area (Å²) in [6.07, 6.45) is 4.20. The Kier molecular flexibility index (Phi) is 5.60. The van der Waals surface area contributed by atoms with Crippen LogP contribution in [0.25, 0.3) is 11.3 Å². The van der Waals surface area contributed by atoms with E-state index in [0.29, 0.717) is 23.9 Å². The molecule has 30 heavy (non-hydrogen) atoms. The van der Waals surface area contributed by atoms with Crippen LogP contribution in [0.1, 0.15) is 44.6 Å². The van der Waals surface area contributed by atoms with Crippen LogP contribution in [0.15, 0.2) is 29.6 Å². The van der Waals surface area contributed by atoms with E-state index < -0.39 is 17.5 Å². The number of thiazole rings is 1. The summed E-state index contributed by atoms with van der Waals surface area (Å²) in [4.78, 5) is 43.4. The van der Waals surface area contributed by atoms with Crippen LogP contribution in [0.2, 0.25) is 0 Å². The normalized spacial score (nSPS) is 23.7. The van der Waals surface area contributed by atoms with Gasteiger partial charge in [0, 0.05) is 10.9 Å². The van der Waals surface area contributed by atoms with E-state index in [0.717, 1.165) is 41.0 Å². The lowest BCUT2D eigenvalue weighted by Gasteiger charge is -2.34. The molecule has 7 nitrogen and oxygen atoms in total. The third-order valence-electron chi connectivity index (χ3n) is 6.26. The zero-order valence-corrected chi connectivity index (χ0v) is 18.1. The van der Waals surface area contributed by atoms with Gasteiger partial charge in [-0.25, -0.2) is 9.78 Å². The number of nitrogens with one attached hydrogen (secondary N) is 2. The maximum absolute atomic E-state index is 13.0. The summed E-state index contributed by atoms with van der Waals surface area (Å²) in [6.45, 7) is 3.86. The molecule has 1 aliphatic carbocycles. The lowest BCUT2D eigenvalue weighted by Crippen LogP contribution is -2.49. The highest BCUT2D eigenvalue weighted by molar-refractivity contribution is 7.14. The fourth-order valence-electron chi connectivity index (χ4n) is 4.35. The van der Waals surface area contributed by atoms with Gasteiger partial charge in [0.25, 0.3) is 5.91 Å². The van der Waals surface area contributed by atoms with Crippen LogP contribution in [-0.4, -0.2) is 39.8 Å². The Balaban J connectivity index is 1.39. The number of hydrogen-bond donors (Lipinski definition) is 2. The molecular formula is C22H26N4O3S. The van der Waals surface area contributed by atoms with E-state index in [1.54, 1.807) is 0 Å². The monoisotopic (exact) mass is 426 g/mol. The molecule has 1 saturated heterocycles. The van der Waals surface area contributed by atoms with Gasteiger partial charge in [-0.1, -0.05) is 37.6 Å². The number of aryl methyl sites for hydroxylation is 1. The Labute approximate surface area is 179 Å². The van der Waals surface area contributed by atoms with Crippen LogP contribution in [0.5, 0.6) is 0 Å². The first-order chi connectivity index (χ1) is 14.4. The van der Waals surface area contributed by atoms with E-state index in [2.05, 4.69) is 22.5 Å². The molecule has 2 fully saturated rings. The molecule has 158 valence electrons. The number of carbonyl (C=O) groups is 3. The standard InChI is InChI=1S/C22H26N4O3S/c1-3-15-8-10-22(11-9-15)19(28)26(21(29)25-22)12-18(27)24-20-23-17(13-30-20)16-7-5-4-6-14(16)2/h4-7,13,15H,3,8-12H2,1-2H3,(H,25,29)(H,23,24,27). The van der Waals surface area contributed by atoms with Crippen molar-refractivity contribution in [2.75, 3.05) is 11.9 Å². The molecule has 1 spiro atoms. The fourth-order valence-corrected chi connectivity index (χ4v) is 5.08. The minimum Gasteiger partial charge on any atom is -0.323 e. The third-order valence-corrected chi connectivity index (χ3v) is 7.01. The number of urea groups is 1. The first kappa shape index (κ1) is 20.5. The number of amides is 4. The zero-order chi connectivity index (χ0) is 21.3. The summed E-state index contributed by atoms with van der Waals surface area (Å²) >= 11 is 1.32. The van der Waals surface area contributed by atoms with Crippen molar-refractivity contribution in [2.24, 2.45) is 5.92 Å². The lowest BCUT2D eigenvalue weighted by molar-refractivity contribution is -0.135. The van der Waals surface area contributed by atoms with Crippen molar-refractivity contribution in [2.45, 2.75) is 51.5 Å². The van der Waals surface area contributed by atoms with Gasteiger partial charge in [0.2, 0.25) is 5.91 Å². The Hall–Kier alpha value is -2.74. The molecule has 2 aliphatic rings. The average Bonchev–Trinajstić information content (AvgIpc) is 3.28. The van der Waals surface area contributed by atoms with Gasteiger partial charge in [-0.15, -0.1) is 11.3 Å². The van der Waals surface area contributed by atoms with E-state index in [-0.39, 0.29) is 12.5 Å². The van der Waals surface area contributed by atoms with Crippen molar-refractivity contribution in [3.05, 3.63) is 35.2 Å². The second-order valence-electron chi connectivity index (χ2n) is 8.16. The Morgan fingerprint density at radius 1 is 1.30 bits per heavy atom. The van der Waals surface area contributed by atoms with Crippen LogP contribution >= 0.6 is 11.3 Å². The number of anilines is 1. The highest BCUT2D eigenvalue weighted by Crippen LogP contribution is 2.37. The van der Waals surface area contributed by atoms with E-state index >= 15 is 0 Å². The number of rotatable bonds is 5. The summed E-state index contributed by atoms with van der Waals surface area (Å²) in [6, 6.07) is 7.42. The molecular weight excluding hydrogens is 400 g/mol. The molecule has 0 radical (unpaired) electrons. The number of aromatic nitrogens is 1. The molecule has 4 rings (SSSR count). The summed E-state index contributed by atoms with van der Waals surface area (Å²) in [5.41, 5.74) is 2.06. The Bertz CT molecular complexity index is 978. The lowest BCUT2D eigenvalue weighted by atomic mass is 9.75. The minimum atomic E-state index is -0.831. The first-order valence-electron chi connectivity index (χ1n) is 10.4. The molecule has 0 atom stereocenters. The molecule has 1 aliphatic heterocycles. The second kappa shape index (κ2) is 8.18. The number of hydrogen-bond acceptors (Lipinski definition) is 5. The number of carbonyl (C=O) groups excluding carboxylic acids is 3.